The Morgan fingerprint density at radius 1 is 0.973 bits per heavy atom. The molecule has 0 aliphatic heterocycles. The van der Waals surface area contributed by atoms with Gasteiger partial charge in [-0.05, 0) is 48.9 Å². The van der Waals surface area contributed by atoms with Gasteiger partial charge in [-0.3, -0.25) is 9.38 Å². The molecule has 4 heterocycles. The van der Waals surface area contributed by atoms with Crippen molar-refractivity contribution in [3.8, 4) is 28.5 Å². The molecule has 190 valence electrons. The molecule has 0 spiro atoms. The summed E-state index contributed by atoms with van der Waals surface area (Å²) in [4.78, 5) is 16.2. The topological polar surface area (TPSA) is 70.1 Å². The van der Waals surface area contributed by atoms with Crippen LogP contribution in [0.5, 0.6) is 0 Å². The minimum atomic E-state index is -0.326. The normalized spacial score (nSPS) is 10.1. The highest BCUT2D eigenvalue weighted by Crippen LogP contribution is 2.37. The average Bonchev–Trinajstić information content (AvgIpc) is 3.57. The molecule has 0 saturated carbocycles. The molecule has 8 heteroatoms. The summed E-state index contributed by atoms with van der Waals surface area (Å²) in [6.07, 6.45) is 6.37. The second-order valence-electron chi connectivity index (χ2n) is 7.48. The van der Waals surface area contributed by atoms with Crippen molar-refractivity contribution in [2.45, 2.75) is 41.0 Å². The lowest BCUT2D eigenvalue weighted by Crippen LogP contribution is -2.13. The Bertz CT molecular complexity index is 1480. The Labute approximate surface area is 221 Å². The summed E-state index contributed by atoms with van der Waals surface area (Å²) in [7, 11) is 1.92. The third kappa shape index (κ3) is 5.68. The molecule has 0 N–H and O–H groups in total. The molecule has 0 bridgehead atoms. The van der Waals surface area contributed by atoms with Crippen molar-refractivity contribution < 1.29 is 4.39 Å². The molecule has 0 saturated heterocycles. The van der Waals surface area contributed by atoms with E-state index in [4.69, 9.17) is 9.97 Å². The fraction of sp³-hybridized carbons (Fsp3) is 0.241. The molecule has 5 rings (SSSR count). The van der Waals surface area contributed by atoms with Gasteiger partial charge in [0.15, 0.2) is 5.13 Å². The molecular weight excluding hydrogens is 483 g/mol. The summed E-state index contributed by atoms with van der Waals surface area (Å²) >= 11 is 1.30. The van der Waals surface area contributed by atoms with Gasteiger partial charge in [0.1, 0.15) is 33.9 Å². The lowest BCUT2D eigenvalue weighted by molar-refractivity contribution is 0.628. The number of benzene rings is 1. The van der Waals surface area contributed by atoms with Crippen molar-refractivity contribution in [1.29, 1.82) is 5.26 Å². The number of aromatic nitrogens is 4. The molecule has 0 aliphatic carbocycles. The van der Waals surface area contributed by atoms with Crippen molar-refractivity contribution in [3.05, 3.63) is 83.5 Å². The lowest BCUT2D eigenvalue weighted by atomic mass is 10.1. The molecule has 4 aromatic heterocycles. The van der Waals surface area contributed by atoms with Crippen molar-refractivity contribution in [2.75, 3.05) is 11.9 Å². The molecule has 0 aliphatic rings. The average molecular weight is 515 g/mol. The fourth-order valence-electron chi connectivity index (χ4n) is 3.80. The van der Waals surface area contributed by atoms with Gasteiger partial charge < -0.3 is 4.90 Å². The van der Waals surface area contributed by atoms with Crippen LogP contribution in [0.2, 0.25) is 0 Å². The molecule has 0 unspecified atom stereocenters. The number of nitrogens with zero attached hydrogens (tertiary/aromatic N) is 6. The van der Waals surface area contributed by atoms with E-state index in [9.17, 15) is 9.65 Å². The second-order valence-corrected chi connectivity index (χ2v) is 8.45. The van der Waals surface area contributed by atoms with E-state index in [0.29, 0.717) is 21.3 Å². The number of anilines is 2. The van der Waals surface area contributed by atoms with E-state index in [-0.39, 0.29) is 5.82 Å². The summed E-state index contributed by atoms with van der Waals surface area (Å²) in [5, 5.41) is 10.4. The molecule has 0 fully saturated rings. The summed E-state index contributed by atoms with van der Waals surface area (Å²) in [5.74, 6) is 0.565. The number of aryl methyl sites for hydroxylation is 1. The standard InChI is InChI=1S/C25H19FN6S.2C2H6/c1-3-20-24(32-15-18(8-11-22(32)29-20)17-5-4-12-28-14-17)31(2)25-30-23(21(13-27)33-25)16-6-9-19(26)10-7-16;2*1-2/h4-12,14-15H,3H2,1-2H3;2*1-2H3. The molecule has 0 atom stereocenters. The third-order valence-electron chi connectivity index (χ3n) is 5.43. The summed E-state index contributed by atoms with van der Waals surface area (Å²) in [6.45, 7) is 10.1. The number of fused-ring (bicyclic) bond motifs is 1. The highest BCUT2D eigenvalue weighted by molar-refractivity contribution is 7.16. The number of thiazole rings is 1. The summed E-state index contributed by atoms with van der Waals surface area (Å²) < 4.78 is 15.4. The summed E-state index contributed by atoms with van der Waals surface area (Å²) in [5.41, 5.74) is 5.05. The summed E-state index contributed by atoms with van der Waals surface area (Å²) in [6, 6.07) is 16.2. The van der Waals surface area contributed by atoms with Gasteiger partial charge in [0.25, 0.3) is 0 Å². The van der Waals surface area contributed by atoms with E-state index in [0.717, 1.165) is 34.7 Å². The van der Waals surface area contributed by atoms with E-state index in [2.05, 4.69) is 18.0 Å². The van der Waals surface area contributed by atoms with Crippen molar-refractivity contribution in [1.82, 2.24) is 19.4 Å². The maximum absolute atomic E-state index is 13.4. The first-order valence-corrected chi connectivity index (χ1v) is 13.2. The van der Waals surface area contributed by atoms with Crippen LogP contribution in [0.3, 0.4) is 0 Å². The zero-order valence-electron chi connectivity index (χ0n) is 22.0. The zero-order chi connectivity index (χ0) is 26.9. The Kier molecular flexibility index (Phi) is 9.47. The number of nitriles is 1. The predicted molar refractivity (Wildman–Crippen MR) is 151 cm³/mol. The predicted octanol–water partition coefficient (Wildman–Crippen LogP) is 7.91. The van der Waals surface area contributed by atoms with Crippen molar-refractivity contribution >= 4 is 27.9 Å². The highest BCUT2D eigenvalue weighted by Gasteiger charge is 2.22. The number of imidazole rings is 1. The van der Waals surface area contributed by atoms with Crippen molar-refractivity contribution in [2.24, 2.45) is 0 Å². The Hall–Kier alpha value is -4.09. The van der Waals surface area contributed by atoms with Crippen molar-refractivity contribution in [3.63, 3.8) is 0 Å². The van der Waals surface area contributed by atoms with Crippen LogP contribution in [0.25, 0.3) is 28.0 Å². The number of hydrogen-bond acceptors (Lipinski definition) is 6. The first-order chi connectivity index (χ1) is 18.1. The van der Waals surface area contributed by atoms with Crippen LogP contribution in [0.1, 0.15) is 45.2 Å². The molecule has 37 heavy (non-hydrogen) atoms. The Balaban J connectivity index is 0.000000907. The molecule has 6 nitrogen and oxygen atoms in total. The quantitative estimate of drug-likeness (QED) is 0.238. The Morgan fingerprint density at radius 2 is 1.68 bits per heavy atom. The van der Waals surface area contributed by atoms with Crippen LogP contribution in [-0.2, 0) is 6.42 Å². The first kappa shape index (κ1) is 27.5. The minimum Gasteiger partial charge on any atom is -0.305 e. The van der Waals surface area contributed by atoms with E-state index in [1.807, 2.05) is 80.7 Å². The van der Waals surface area contributed by atoms with Crippen LogP contribution < -0.4 is 4.90 Å². The van der Waals surface area contributed by atoms with Crippen LogP contribution in [0.4, 0.5) is 15.3 Å². The van der Waals surface area contributed by atoms with Gasteiger partial charge in [-0.25, -0.2) is 14.4 Å². The zero-order valence-corrected chi connectivity index (χ0v) is 22.8. The number of pyridine rings is 2. The third-order valence-corrected chi connectivity index (χ3v) is 6.47. The first-order valence-electron chi connectivity index (χ1n) is 12.4. The van der Waals surface area contributed by atoms with E-state index < -0.39 is 0 Å². The monoisotopic (exact) mass is 514 g/mol. The van der Waals surface area contributed by atoms with Gasteiger partial charge in [0.05, 0.1) is 5.69 Å². The largest absolute Gasteiger partial charge is 0.305 e. The fourth-order valence-corrected chi connectivity index (χ4v) is 4.65. The molecule has 0 radical (unpaired) electrons. The van der Waals surface area contributed by atoms with Crippen LogP contribution in [-0.4, -0.2) is 26.4 Å². The van der Waals surface area contributed by atoms with Crippen LogP contribution >= 0.6 is 11.3 Å². The Morgan fingerprint density at radius 3 is 2.30 bits per heavy atom. The molecule has 5 aromatic rings. The van der Waals surface area contributed by atoms with Crippen LogP contribution in [0, 0.1) is 17.1 Å². The second kappa shape index (κ2) is 12.7. The number of rotatable bonds is 5. The van der Waals surface area contributed by atoms with E-state index in [1.54, 1.807) is 18.3 Å². The highest BCUT2D eigenvalue weighted by atomic mass is 32.1. The molecule has 1 aromatic carbocycles. The van der Waals surface area contributed by atoms with E-state index >= 15 is 0 Å². The van der Waals surface area contributed by atoms with Gasteiger partial charge in [0, 0.05) is 42.3 Å². The van der Waals surface area contributed by atoms with Gasteiger partial charge in [0.2, 0.25) is 0 Å². The number of halogens is 1. The van der Waals surface area contributed by atoms with E-state index in [1.165, 1.54) is 23.5 Å². The van der Waals surface area contributed by atoms with Gasteiger partial charge in [-0.15, -0.1) is 0 Å². The van der Waals surface area contributed by atoms with Gasteiger partial charge in [-0.2, -0.15) is 5.26 Å². The smallest absolute Gasteiger partial charge is 0.192 e. The van der Waals surface area contributed by atoms with Gasteiger partial charge in [-0.1, -0.05) is 52.0 Å². The number of hydrogen-bond donors (Lipinski definition) is 0. The minimum absolute atomic E-state index is 0.326. The maximum atomic E-state index is 13.4. The maximum Gasteiger partial charge on any atom is 0.192 e. The molecule has 0 amide bonds. The van der Waals surface area contributed by atoms with Gasteiger partial charge >= 0.3 is 0 Å². The molecular formula is C29H31FN6S. The lowest BCUT2D eigenvalue weighted by Gasteiger charge is -2.17. The SMILES string of the molecule is CC.CC.CCc1nc2ccc(-c3cccnc3)cn2c1N(C)c1nc(-c2ccc(F)cc2)c(C#N)s1. The van der Waals surface area contributed by atoms with Crippen LogP contribution in [0.15, 0.2) is 67.1 Å².